The second-order valence-electron chi connectivity index (χ2n) is 4.07. The summed E-state index contributed by atoms with van der Waals surface area (Å²) in [7, 11) is 0. The molecule has 4 nitrogen and oxygen atoms in total. The second-order valence-corrected chi connectivity index (χ2v) is 4.07. The highest BCUT2D eigenvalue weighted by molar-refractivity contribution is 5.75. The molecule has 0 N–H and O–H groups in total. The van der Waals surface area contributed by atoms with Crippen LogP contribution in [0.4, 0.5) is 0 Å². The van der Waals surface area contributed by atoms with Gasteiger partial charge in [0, 0.05) is 23.5 Å². The fourth-order valence-electron chi connectivity index (χ4n) is 1.73. The molecule has 0 saturated heterocycles. The van der Waals surface area contributed by atoms with E-state index in [1.54, 1.807) is 18.6 Å². The first-order valence-corrected chi connectivity index (χ1v) is 6.00. The largest absolute Gasteiger partial charge is 0.493 e. The van der Waals surface area contributed by atoms with Crippen LogP contribution in [0.2, 0.25) is 0 Å². The van der Waals surface area contributed by atoms with E-state index in [1.807, 2.05) is 22.9 Å². The maximum Gasteiger partial charge on any atom is 0.150 e. The van der Waals surface area contributed by atoms with E-state index in [0.29, 0.717) is 18.7 Å². The number of imidazole rings is 1. The number of carbonyl (C=O) groups excluding carboxylic acids is 1. The van der Waals surface area contributed by atoms with Crippen molar-refractivity contribution < 1.29 is 9.53 Å². The molecule has 0 amide bonds. The fourth-order valence-corrected chi connectivity index (χ4v) is 1.73. The SMILES string of the molecule is CCCOc1ccc(C=O)cc1Cn1ccnc1. The second kappa shape index (κ2) is 6.00. The fraction of sp³-hybridized carbons (Fsp3) is 0.286. The van der Waals surface area contributed by atoms with Crippen molar-refractivity contribution in [2.75, 3.05) is 6.61 Å². The van der Waals surface area contributed by atoms with E-state index >= 15 is 0 Å². The Bertz CT molecular complexity index is 507. The third-order valence-electron chi connectivity index (χ3n) is 2.59. The summed E-state index contributed by atoms with van der Waals surface area (Å²) in [4.78, 5) is 14.8. The van der Waals surface area contributed by atoms with Gasteiger partial charge in [-0.1, -0.05) is 6.92 Å². The number of benzene rings is 1. The summed E-state index contributed by atoms with van der Waals surface area (Å²) in [6, 6.07) is 5.49. The highest BCUT2D eigenvalue weighted by Crippen LogP contribution is 2.21. The van der Waals surface area contributed by atoms with Gasteiger partial charge in [0.15, 0.2) is 0 Å². The summed E-state index contributed by atoms with van der Waals surface area (Å²) in [5.74, 6) is 0.830. The molecule has 1 aromatic carbocycles. The average Bonchev–Trinajstić information content (AvgIpc) is 2.90. The smallest absolute Gasteiger partial charge is 0.150 e. The van der Waals surface area contributed by atoms with Crippen LogP contribution >= 0.6 is 0 Å². The topological polar surface area (TPSA) is 44.1 Å². The van der Waals surface area contributed by atoms with Crippen molar-refractivity contribution in [3.05, 3.63) is 48.0 Å². The number of carbonyl (C=O) groups is 1. The Hall–Kier alpha value is -2.10. The number of hydrogen-bond donors (Lipinski definition) is 0. The molecule has 0 atom stereocenters. The summed E-state index contributed by atoms with van der Waals surface area (Å²) in [5.41, 5.74) is 1.65. The van der Waals surface area contributed by atoms with Gasteiger partial charge in [-0.15, -0.1) is 0 Å². The molecule has 2 rings (SSSR count). The Balaban J connectivity index is 2.25. The third-order valence-corrected chi connectivity index (χ3v) is 2.59. The zero-order chi connectivity index (χ0) is 12.8. The number of aldehydes is 1. The Kier molecular flexibility index (Phi) is 4.12. The summed E-state index contributed by atoms with van der Waals surface area (Å²) in [6.45, 7) is 3.40. The van der Waals surface area contributed by atoms with E-state index in [0.717, 1.165) is 24.0 Å². The molecular formula is C14H16N2O2. The summed E-state index contributed by atoms with van der Waals surface area (Å²) in [6.07, 6.45) is 7.17. The first-order valence-electron chi connectivity index (χ1n) is 6.00. The van der Waals surface area contributed by atoms with Crippen LogP contribution in [-0.2, 0) is 6.54 Å². The molecule has 0 unspecified atom stereocenters. The van der Waals surface area contributed by atoms with Crippen LogP contribution in [0.5, 0.6) is 5.75 Å². The van der Waals surface area contributed by atoms with Gasteiger partial charge in [0.2, 0.25) is 0 Å². The Morgan fingerprint density at radius 2 is 2.33 bits per heavy atom. The maximum absolute atomic E-state index is 10.8. The van der Waals surface area contributed by atoms with Crippen molar-refractivity contribution in [1.29, 1.82) is 0 Å². The number of nitrogens with zero attached hydrogens (tertiary/aromatic N) is 2. The van der Waals surface area contributed by atoms with Crippen LogP contribution in [0.3, 0.4) is 0 Å². The maximum atomic E-state index is 10.8. The van der Waals surface area contributed by atoms with Gasteiger partial charge in [-0.25, -0.2) is 4.98 Å². The molecule has 18 heavy (non-hydrogen) atoms. The molecule has 0 aliphatic heterocycles. The minimum absolute atomic E-state index is 0.653. The Morgan fingerprint density at radius 1 is 1.44 bits per heavy atom. The number of ether oxygens (including phenoxy) is 1. The van der Waals surface area contributed by atoms with Gasteiger partial charge in [0.05, 0.1) is 19.5 Å². The van der Waals surface area contributed by atoms with E-state index in [9.17, 15) is 4.79 Å². The number of rotatable bonds is 6. The highest BCUT2D eigenvalue weighted by atomic mass is 16.5. The Morgan fingerprint density at radius 3 is 3.00 bits per heavy atom. The molecule has 0 bridgehead atoms. The van der Waals surface area contributed by atoms with Gasteiger partial charge >= 0.3 is 0 Å². The van der Waals surface area contributed by atoms with E-state index < -0.39 is 0 Å². The van der Waals surface area contributed by atoms with Gasteiger partial charge in [0.25, 0.3) is 0 Å². The third kappa shape index (κ3) is 2.97. The predicted molar refractivity (Wildman–Crippen MR) is 68.9 cm³/mol. The zero-order valence-corrected chi connectivity index (χ0v) is 10.4. The minimum Gasteiger partial charge on any atom is -0.493 e. The van der Waals surface area contributed by atoms with Crippen molar-refractivity contribution in [3.8, 4) is 5.75 Å². The molecule has 2 aromatic rings. The molecule has 1 heterocycles. The number of aromatic nitrogens is 2. The predicted octanol–water partition coefficient (Wildman–Crippen LogP) is 2.53. The van der Waals surface area contributed by atoms with E-state index in [1.165, 1.54) is 0 Å². The average molecular weight is 244 g/mol. The van der Waals surface area contributed by atoms with Crippen molar-refractivity contribution in [3.63, 3.8) is 0 Å². The molecule has 4 heteroatoms. The lowest BCUT2D eigenvalue weighted by atomic mass is 10.1. The summed E-state index contributed by atoms with van der Waals surface area (Å²) in [5, 5.41) is 0. The van der Waals surface area contributed by atoms with E-state index in [4.69, 9.17) is 4.74 Å². The molecule has 0 aliphatic carbocycles. The van der Waals surface area contributed by atoms with E-state index in [-0.39, 0.29) is 0 Å². The molecule has 1 aromatic heterocycles. The molecule has 0 radical (unpaired) electrons. The van der Waals surface area contributed by atoms with Crippen LogP contribution in [-0.4, -0.2) is 22.4 Å². The molecule has 0 aliphatic rings. The monoisotopic (exact) mass is 244 g/mol. The standard InChI is InChI=1S/C14H16N2O2/c1-2-7-18-14-4-3-12(10-17)8-13(14)9-16-6-5-15-11-16/h3-6,8,10-11H,2,7,9H2,1H3. The van der Waals surface area contributed by atoms with Crippen LogP contribution in [0, 0.1) is 0 Å². The highest BCUT2D eigenvalue weighted by Gasteiger charge is 2.06. The molecular weight excluding hydrogens is 228 g/mol. The zero-order valence-electron chi connectivity index (χ0n) is 10.4. The molecule has 0 spiro atoms. The van der Waals surface area contributed by atoms with Crippen LogP contribution in [0.15, 0.2) is 36.9 Å². The number of hydrogen-bond acceptors (Lipinski definition) is 3. The lowest BCUT2D eigenvalue weighted by Crippen LogP contribution is -2.03. The lowest BCUT2D eigenvalue weighted by molar-refractivity contribution is 0.112. The quantitative estimate of drug-likeness (QED) is 0.733. The Labute approximate surface area is 106 Å². The van der Waals surface area contributed by atoms with Crippen molar-refractivity contribution in [2.45, 2.75) is 19.9 Å². The van der Waals surface area contributed by atoms with Crippen molar-refractivity contribution in [2.24, 2.45) is 0 Å². The molecule has 0 fully saturated rings. The van der Waals surface area contributed by atoms with Crippen LogP contribution < -0.4 is 4.74 Å². The lowest BCUT2D eigenvalue weighted by Gasteiger charge is -2.12. The summed E-state index contributed by atoms with van der Waals surface area (Å²) >= 11 is 0. The van der Waals surface area contributed by atoms with Gasteiger partial charge in [-0.05, 0) is 24.6 Å². The molecule has 0 saturated carbocycles. The van der Waals surface area contributed by atoms with Gasteiger partial charge in [-0.2, -0.15) is 0 Å². The van der Waals surface area contributed by atoms with Crippen LogP contribution in [0.25, 0.3) is 0 Å². The minimum atomic E-state index is 0.653. The first kappa shape index (κ1) is 12.4. The van der Waals surface area contributed by atoms with Gasteiger partial charge in [-0.3, -0.25) is 4.79 Å². The van der Waals surface area contributed by atoms with Gasteiger partial charge < -0.3 is 9.30 Å². The normalized spacial score (nSPS) is 10.3. The summed E-state index contributed by atoms with van der Waals surface area (Å²) < 4.78 is 7.63. The van der Waals surface area contributed by atoms with E-state index in [2.05, 4.69) is 11.9 Å². The first-order chi connectivity index (χ1) is 8.83. The van der Waals surface area contributed by atoms with Gasteiger partial charge in [0.1, 0.15) is 12.0 Å². The van der Waals surface area contributed by atoms with Crippen molar-refractivity contribution >= 4 is 6.29 Å². The van der Waals surface area contributed by atoms with Crippen LogP contribution in [0.1, 0.15) is 29.3 Å². The van der Waals surface area contributed by atoms with Crippen molar-refractivity contribution in [1.82, 2.24) is 9.55 Å². The molecule has 94 valence electrons.